The van der Waals surface area contributed by atoms with Crippen molar-refractivity contribution in [2.75, 3.05) is 11.9 Å². The summed E-state index contributed by atoms with van der Waals surface area (Å²) in [5.74, 6) is 2.80. The van der Waals surface area contributed by atoms with E-state index in [1.165, 1.54) is 63.4 Å². The monoisotopic (exact) mass is 380 g/mol. The number of ether oxygens (including phenoxy) is 1. The van der Waals surface area contributed by atoms with Crippen LogP contribution in [-0.4, -0.2) is 11.9 Å². The largest absolute Gasteiger partial charge is 0.494 e. The van der Waals surface area contributed by atoms with Crippen molar-refractivity contribution >= 4 is 15.9 Å². The van der Waals surface area contributed by atoms with Gasteiger partial charge < -0.3 is 4.74 Å². The summed E-state index contributed by atoms with van der Waals surface area (Å²) in [5, 5.41) is 1.12. The second kappa shape index (κ2) is 11.1. The lowest BCUT2D eigenvalue weighted by molar-refractivity contribution is 0.302. The molecule has 1 aromatic carbocycles. The maximum Gasteiger partial charge on any atom is 0.119 e. The standard InChI is InChI=1S/C21H33BrO/c1-2-7-18-8-10-19(11-9-18)20-12-14-21(15-13-20)23-17-6-4-3-5-16-22/h12-15,18-19H,2-11,16-17H2,1H3. The van der Waals surface area contributed by atoms with E-state index in [2.05, 4.69) is 47.1 Å². The van der Waals surface area contributed by atoms with Gasteiger partial charge in [-0.2, -0.15) is 0 Å². The molecule has 0 bridgehead atoms. The zero-order chi connectivity index (χ0) is 16.3. The first-order valence-corrected chi connectivity index (χ1v) is 10.7. The maximum absolute atomic E-state index is 5.87. The molecule has 1 fully saturated rings. The highest BCUT2D eigenvalue weighted by Gasteiger charge is 2.21. The lowest BCUT2D eigenvalue weighted by Gasteiger charge is -2.28. The SMILES string of the molecule is CCCC1CCC(c2ccc(OCCCCCCBr)cc2)CC1. The van der Waals surface area contributed by atoms with Gasteiger partial charge in [0.15, 0.2) is 0 Å². The Morgan fingerprint density at radius 1 is 0.957 bits per heavy atom. The summed E-state index contributed by atoms with van der Waals surface area (Å²) in [6, 6.07) is 8.94. The molecule has 0 aromatic heterocycles. The van der Waals surface area contributed by atoms with Gasteiger partial charge in [-0.05, 0) is 68.1 Å². The van der Waals surface area contributed by atoms with Crippen LogP contribution in [0.15, 0.2) is 24.3 Å². The van der Waals surface area contributed by atoms with Gasteiger partial charge in [0.05, 0.1) is 6.61 Å². The Hall–Kier alpha value is -0.500. The van der Waals surface area contributed by atoms with Crippen molar-refractivity contribution in [3.8, 4) is 5.75 Å². The number of rotatable bonds is 10. The summed E-state index contributed by atoms with van der Waals surface area (Å²) in [4.78, 5) is 0. The van der Waals surface area contributed by atoms with Gasteiger partial charge >= 0.3 is 0 Å². The van der Waals surface area contributed by atoms with E-state index in [9.17, 15) is 0 Å². The number of alkyl halides is 1. The van der Waals surface area contributed by atoms with Gasteiger partial charge in [-0.25, -0.2) is 0 Å². The molecule has 1 aliphatic rings. The van der Waals surface area contributed by atoms with Crippen LogP contribution in [0.3, 0.4) is 0 Å². The van der Waals surface area contributed by atoms with Crippen molar-refractivity contribution in [3.63, 3.8) is 0 Å². The molecule has 0 spiro atoms. The molecule has 0 unspecified atom stereocenters. The fraction of sp³-hybridized carbons (Fsp3) is 0.714. The first kappa shape index (κ1) is 18.8. The number of unbranched alkanes of at least 4 members (excludes halogenated alkanes) is 3. The van der Waals surface area contributed by atoms with Gasteiger partial charge in [0.25, 0.3) is 0 Å². The van der Waals surface area contributed by atoms with Crippen LogP contribution in [0.5, 0.6) is 5.75 Å². The molecular formula is C21H33BrO. The first-order chi connectivity index (χ1) is 11.3. The molecule has 2 rings (SSSR count). The third-order valence-corrected chi connectivity index (χ3v) is 5.75. The van der Waals surface area contributed by atoms with Crippen LogP contribution in [-0.2, 0) is 0 Å². The summed E-state index contributed by atoms with van der Waals surface area (Å²) in [5.41, 5.74) is 1.52. The Labute approximate surface area is 151 Å². The fourth-order valence-corrected chi connectivity index (χ4v) is 4.17. The second-order valence-corrected chi connectivity index (χ2v) is 7.82. The van der Waals surface area contributed by atoms with Crippen molar-refractivity contribution < 1.29 is 4.74 Å². The zero-order valence-electron chi connectivity index (χ0n) is 14.7. The Kier molecular flexibility index (Phi) is 9.11. The summed E-state index contributed by atoms with van der Waals surface area (Å²) < 4.78 is 5.87. The van der Waals surface area contributed by atoms with E-state index in [0.717, 1.165) is 35.9 Å². The quantitative estimate of drug-likeness (QED) is 0.310. The minimum atomic E-state index is 0.779. The molecule has 0 N–H and O–H groups in total. The molecule has 0 atom stereocenters. The molecule has 0 amide bonds. The molecule has 1 aromatic rings. The van der Waals surface area contributed by atoms with Crippen LogP contribution in [0.4, 0.5) is 0 Å². The lowest BCUT2D eigenvalue weighted by atomic mass is 9.77. The highest BCUT2D eigenvalue weighted by atomic mass is 79.9. The highest BCUT2D eigenvalue weighted by molar-refractivity contribution is 9.09. The minimum absolute atomic E-state index is 0.779. The van der Waals surface area contributed by atoms with Crippen LogP contribution >= 0.6 is 15.9 Å². The predicted molar refractivity (Wildman–Crippen MR) is 104 cm³/mol. The summed E-state index contributed by atoms with van der Waals surface area (Å²) in [6.07, 6.45) is 13.4. The van der Waals surface area contributed by atoms with Crippen molar-refractivity contribution in [2.24, 2.45) is 5.92 Å². The van der Waals surface area contributed by atoms with E-state index in [1.54, 1.807) is 0 Å². The van der Waals surface area contributed by atoms with E-state index in [1.807, 2.05) is 0 Å². The van der Waals surface area contributed by atoms with Crippen LogP contribution in [0.2, 0.25) is 0 Å². The maximum atomic E-state index is 5.87. The van der Waals surface area contributed by atoms with E-state index in [0.29, 0.717) is 0 Å². The van der Waals surface area contributed by atoms with E-state index < -0.39 is 0 Å². The zero-order valence-corrected chi connectivity index (χ0v) is 16.3. The Morgan fingerprint density at radius 3 is 2.30 bits per heavy atom. The number of halogens is 1. The minimum Gasteiger partial charge on any atom is -0.494 e. The normalized spacial score (nSPS) is 21.3. The van der Waals surface area contributed by atoms with Gasteiger partial charge in [0.2, 0.25) is 0 Å². The van der Waals surface area contributed by atoms with E-state index in [4.69, 9.17) is 4.74 Å². The predicted octanol–water partition coefficient (Wildman–Crippen LogP) is 7.09. The van der Waals surface area contributed by atoms with Gasteiger partial charge in [-0.1, -0.05) is 60.7 Å². The number of hydrogen-bond donors (Lipinski definition) is 0. The molecule has 1 nitrogen and oxygen atoms in total. The average molecular weight is 381 g/mol. The van der Waals surface area contributed by atoms with Crippen molar-refractivity contribution in [1.82, 2.24) is 0 Å². The Morgan fingerprint density at radius 2 is 1.65 bits per heavy atom. The molecule has 1 saturated carbocycles. The smallest absolute Gasteiger partial charge is 0.119 e. The van der Waals surface area contributed by atoms with Crippen LogP contribution < -0.4 is 4.74 Å². The highest BCUT2D eigenvalue weighted by Crippen LogP contribution is 2.37. The molecule has 2 heteroatoms. The summed E-state index contributed by atoms with van der Waals surface area (Å²) in [7, 11) is 0. The molecule has 130 valence electrons. The van der Waals surface area contributed by atoms with Gasteiger partial charge in [0, 0.05) is 5.33 Å². The number of hydrogen-bond acceptors (Lipinski definition) is 1. The molecule has 0 radical (unpaired) electrons. The second-order valence-electron chi connectivity index (χ2n) is 7.03. The molecular weight excluding hydrogens is 348 g/mol. The van der Waals surface area contributed by atoms with Crippen LogP contribution in [0.1, 0.15) is 82.6 Å². The van der Waals surface area contributed by atoms with Crippen molar-refractivity contribution in [3.05, 3.63) is 29.8 Å². The van der Waals surface area contributed by atoms with Crippen LogP contribution in [0.25, 0.3) is 0 Å². The van der Waals surface area contributed by atoms with Gasteiger partial charge in [-0.15, -0.1) is 0 Å². The summed E-state index contributed by atoms with van der Waals surface area (Å²) >= 11 is 3.47. The van der Waals surface area contributed by atoms with E-state index >= 15 is 0 Å². The number of benzene rings is 1. The topological polar surface area (TPSA) is 9.23 Å². The van der Waals surface area contributed by atoms with Gasteiger partial charge in [0.1, 0.15) is 5.75 Å². The van der Waals surface area contributed by atoms with Gasteiger partial charge in [-0.3, -0.25) is 0 Å². The van der Waals surface area contributed by atoms with Crippen LogP contribution in [0, 0.1) is 5.92 Å². The Balaban J connectivity index is 1.68. The third-order valence-electron chi connectivity index (χ3n) is 5.19. The third kappa shape index (κ3) is 6.87. The molecule has 0 aliphatic heterocycles. The van der Waals surface area contributed by atoms with Crippen molar-refractivity contribution in [1.29, 1.82) is 0 Å². The molecule has 1 aliphatic carbocycles. The average Bonchev–Trinajstić information content (AvgIpc) is 2.60. The van der Waals surface area contributed by atoms with Crippen molar-refractivity contribution in [2.45, 2.75) is 77.0 Å². The Bertz CT molecular complexity index is 406. The molecule has 0 saturated heterocycles. The lowest BCUT2D eigenvalue weighted by Crippen LogP contribution is -2.13. The van der Waals surface area contributed by atoms with E-state index in [-0.39, 0.29) is 0 Å². The molecule has 23 heavy (non-hydrogen) atoms. The fourth-order valence-electron chi connectivity index (χ4n) is 3.77. The molecule has 0 heterocycles. The first-order valence-electron chi connectivity index (χ1n) is 9.62. The summed E-state index contributed by atoms with van der Waals surface area (Å²) in [6.45, 7) is 3.16.